The van der Waals surface area contributed by atoms with Gasteiger partial charge in [0.25, 0.3) is 0 Å². The standard InChI is InChI=1S/C18H26N2O/c1-3-20-11-10-19(14-16(20)2)15-18-9-6-8-17(13-18)7-4-5-12-21/h6,8-9,13,16,21H,3,5,10-12,14-15H2,1-2H3. The van der Waals surface area contributed by atoms with Crippen LogP contribution in [0.25, 0.3) is 0 Å². The molecular weight excluding hydrogens is 260 g/mol. The largest absolute Gasteiger partial charge is 0.395 e. The quantitative estimate of drug-likeness (QED) is 0.857. The van der Waals surface area contributed by atoms with Gasteiger partial charge in [-0.2, -0.15) is 0 Å². The normalized spacial score (nSPS) is 20.0. The monoisotopic (exact) mass is 286 g/mol. The molecule has 1 N–H and O–H groups in total. The fourth-order valence-corrected chi connectivity index (χ4v) is 2.91. The number of nitrogens with zero attached hydrogens (tertiary/aromatic N) is 2. The van der Waals surface area contributed by atoms with Gasteiger partial charge in [-0.1, -0.05) is 30.9 Å². The van der Waals surface area contributed by atoms with Gasteiger partial charge in [0.1, 0.15) is 0 Å². The zero-order valence-electron chi connectivity index (χ0n) is 13.2. The topological polar surface area (TPSA) is 26.7 Å². The molecule has 0 aliphatic carbocycles. The molecule has 0 spiro atoms. The molecule has 0 aromatic heterocycles. The van der Waals surface area contributed by atoms with Crippen molar-refractivity contribution in [2.24, 2.45) is 0 Å². The number of piperazine rings is 1. The second-order valence-corrected chi connectivity index (χ2v) is 5.69. The Bertz CT molecular complexity index is 503. The van der Waals surface area contributed by atoms with E-state index in [0.29, 0.717) is 12.5 Å². The van der Waals surface area contributed by atoms with Gasteiger partial charge >= 0.3 is 0 Å². The summed E-state index contributed by atoms with van der Waals surface area (Å²) in [7, 11) is 0. The van der Waals surface area contributed by atoms with E-state index in [4.69, 9.17) is 5.11 Å². The molecule has 1 aromatic carbocycles. The first kappa shape index (κ1) is 16.0. The second kappa shape index (κ2) is 8.19. The van der Waals surface area contributed by atoms with Crippen molar-refractivity contribution in [2.45, 2.75) is 32.9 Å². The fourth-order valence-electron chi connectivity index (χ4n) is 2.91. The number of aliphatic hydroxyl groups is 1. The molecule has 1 fully saturated rings. The van der Waals surface area contributed by atoms with Gasteiger partial charge in [-0.05, 0) is 31.2 Å². The zero-order chi connectivity index (χ0) is 15.1. The van der Waals surface area contributed by atoms with Crippen LogP contribution in [0.1, 0.15) is 31.4 Å². The Morgan fingerprint density at radius 3 is 2.90 bits per heavy atom. The summed E-state index contributed by atoms with van der Waals surface area (Å²) < 4.78 is 0. The highest BCUT2D eigenvalue weighted by molar-refractivity contribution is 5.37. The number of benzene rings is 1. The molecule has 3 nitrogen and oxygen atoms in total. The fraction of sp³-hybridized carbons (Fsp3) is 0.556. The van der Waals surface area contributed by atoms with Gasteiger partial charge in [-0.25, -0.2) is 0 Å². The lowest BCUT2D eigenvalue weighted by molar-refractivity contribution is 0.0834. The molecule has 21 heavy (non-hydrogen) atoms. The average molecular weight is 286 g/mol. The molecule has 1 heterocycles. The van der Waals surface area contributed by atoms with E-state index >= 15 is 0 Å². The Kier molecular flexibility index (Phi) is 6.25. The maximum absolute atomic E-state index is 8.77. The van der Waals surface area contributed by atoms with Crippen LogP contribution in [-0.4, -0.2) is 53.7 Å². The first-order valence-corrected chi connectivity index (χ1v) is 7.88. The highest BCUT2D eigenvalue weighted by atomic mass is 16.2. The lowest BCUT2D eigenvalue weighted by Gasteiger charge is -2.39. The molecule has 2 rings (SSSR count). The maximum Gasteiger partial charge on any atom is 0.0540 e. The van der Waals surface area contributed by atoms with Crippen molar-refractivity contribution in [3.05, 3.63) is 35.4 Å². The average Bonchev–Trinajstić information content (AvgIpc) is 2.48. The van der Waals surface area contributed by atoms with E-state index in [1.807, 2.05) is 6.07 Å². The van der Waals surface area contributed by atoms with E-state index in [1.165, 1.54) is 5.56 Å². The van der Waals surface area contributed by atoms with Crippen molar-refractivity contribution >= 4 is 0 Å². The summed E-state index contributed by atoms with van der Waals surface area (Å²) >= 11 is 0. The maximum atomic E-state index is 8.77. The number of hydrogen-bond acceptors (Lipinski definition) is 3. The number of rotatable bonds is 4. The van der Waals surface area contributed by atoms with Crippen molar-refractivity contribution < 1.29 is 5.11 Å². The van der Waals surface area contributed by atoms with E-state index in [-0.39, 0.29) is 6.61 Å². The minimum absolute atomic E-state index is 0.131. The smallest absolute Gasteiger partial charge is 0.0540 e. The molecule has 0 radical (unpaired) electrons. The van der Waals surface area contributed by atoms with Crippen LogP contribution in [-0.2, 0) is 6.54 Å². The van der Waals surface area contributed by atoms with Crippen molar-refractivity contribution in [3.8, 4) is 11.8 Å². The zero-order valence-corrected chi connectivity index (χ0v) is 13.2. The summed E-state index contributed by atoms with van der Waals surface area (Å²) in [6, 6.07) is 9.08. The van der Waals surface area contributed by atoms with E-state index in [1.54, 1.807) is 0 Å². The van der Waals surface area contributed by atoms with Crippen LogP contribution in [0.2, 0.25) is 0 Å². The van der Waals surface area contributed by atoms with Crippen LogP contribution in [0, 0.1) is 11.8 Å². The van der Waals surface area contributed by atoms with Crippen LogP contribution in [0.4, 0.5) is 0 Å². The summed E-state index contributed by atoms with van der Waals surface area (Å²) in [5.41, 5.74) is 2.36. The third-order valence-electron chi connectivity index (χ3n) is 4.06. The van der Waals surface area contributed by atoms with Gasteiger partial charge in [0.2, 0.25) is 0 Å². The van der Waals surface area contributed by atoms with Crippen molar-refractivity contribution in [1.82, 2.24) is 9.80 Å². The van der Waals surface area contributed by atoms with Gasteiger partial charge in [-0.3, -0.25) is 9.80 Å². The predicted molar refractivity (Wildman–Crippen MR) is 87.0 cm³/mol. The van der Waals surface area contributed by atoms with Gasteiger partial charge in [-0.15, -0.1) is 0 Å². The third-order valence-corrected chi connectivity index (χ3v) is 4.06. The van der Waals surface area contributed by atoms with Gasteiger partial charge < -0.3 is 5.11 Å². The molecule has 1 atom stereocenters. The summed E-state index contributed by atoms with van der Waals surface area (Å²) in [6.45, 7) is 10.3. The predicted octanol–water partition coefficient (Wildman–Crippen LogP) is 1.95. The number of hydrogen-bond donors (Lipinski definition) is 1. The van der Waals surface area contributed by atoms with E-state index in [9.17, 15) is 0 Å². The molecule has 0 bridgehead atoms. The highest BCUT2D eigenvalue weighted by Crippen LogP contribution is 2.13. The van der Waals surface area contributed by atoms with Crippen molar-refractivity contribution in [2.75, 3.05) is 32.8 Å². The lowest BCUT2D eigenvalue weighted by Crippen LogP contribution is -2.51. The van der Waals surface area contributed by atoms with Crippen LogP contribution in [0.15, 0.2) is 24.3 Å². The van der Waals surface area contributed by atoms with Gasteiger partial charge in [0.15, 0.2) is 0 Å². The number of likely N-dealkylation sites (N-methyl/N-ethyl adjacent to an activating group) is 1. The molecule has 1 aliphatic heterocycles. The Morgan fingerprint density at radius 2 is 2.19 bits per heavy atom. The molecule has 0 amide bonds. The molecular formula is C18H26N2O. The Labute approximate surface area is 128 Å². The van der Waals surface area contributed by atoms with E-state index in [0.717, 1.165) is 38.3 Å². The van der Waals surface area contributed by atoms with Crippen LogP contribution >= 0.6 is 0 Å². The lowest BCUT2D eigenvalue weighted by atomic mass is 10.1. The third kappa shape index (κ3) is 4.86. The molecule has 1 aromatic rings. The van der Waals surface area contributed by atoms with E-state index in [2.05, 4.69) is 53.7 Å². The Morgan fingerprint density at radius 1 is 1.33 bits per heavy atom. The van der Waals surface area contributed by atoms with Crippen LogP contribution < -0.4 is 0 Å². The minimum Gasteiger partial charge on any atom is -0.395 e. The van der Waals surface area contributed by atoms with Crippen molar-refractivity contribution in [3.63, 3.8) is 0 Å². The van der Waals surface area contributed by atoms with Gasteiger partial charge in [0, 0.05) is 44.2 Å². The van der Waals surface area contributed by atoms with Crippen LogP contribution in [0.3, 0.4) is 0 Å². The minimum atomic E-state index is 0.131. The summed E-state index contributed by atoms with van der Waals surface area (Å²) in [6.07, 6.45) is 0.542. The molecule has 3 heteroatoms. The summed E-state index contributed by atoms with van der Waals surface area (Å²) in [5.74, 6) is 6.09. The second-order valence-electron chi connectivity index (χ2n) is 5.69. The molecule has 114 valence electrons. The van der Waals surface area contributed by atoms with E-state index < -0.39 is 0 Å². The SMILES string of the molecule is CCN1CCN(Cc2cccc(C#CCCO)c2)CC1C. The first-order chi connectivity index (χ1) is 10.2. The molecule has 1 unspecified atom stereocenters. The number of aliphatic hydroxyl groups excluding tert-OH is 1. The molecule has 0 saturated carbocycles. The van der Waals surface area contributed by atoms with Crippen molar-refractivity contribution in [1.29, 1.82) is 0 Å². The summed E-state index contributed by atoms with van der Waals surface area (Å²) in [5, 5.41) is 8.77. The molecule has 1 aliphatic rings. The Balaban J connectivity index is 1.94. The Hall–Kier alpha value is -1.34. The van der Waals surface area contributed by atoms with Crippen LogP contribution in [0.5, 0.6) is 0 Å². The first-order valence-electron chi connectivity index (χ1n) is 7.88. The summed E-state index contributed by atoms with van der Waals surface area (Å²) in [4.78, 5) is 5.06. The molecule has 1 saturated heterocycles. The highest BCUT2D eigenvalue weighted by Gasteiger charge is 2.21. The van der Waals surface area contributed by atoms with Gasteiger partial charge in [0.05, 0.1) is 6.61 Å².